The average molecular weight is 286 g/mol. The largest absolute Gasteiger partial charge is 0.378 e. The zero-order valence-electron chi connectivity index (χ0n) is 12.2. The summed E-state index contributed by atoms with van der Waals surface area (Å²) in [6.45, 7) is 3.89. The quantitative estimate of drug-likeness (QED) is 0.878. The molecular formula is C17H19FN2O. The van der Waals surface area contributed by atoms with Crippen molar-refractivity contribution in [1.29, 1.82) is 0 Å². The highest BCUT2D eigenvalue weighted by molar-refractivity contribution is 5.93. The van der Waals surface area contributed by atoms with E-state index < -0.39 is 5.91 Å². The van der Waals surface area contributed by atoms with Gasteiger partial charge in [0.1, 0.15) is 5.82 Å². The van der Waals surface area contributed by atoms with Crippen LogP contribution in [0.25, 0.3) is 0 Å². The van der Waals surface area contributed by atoms with Gasteiger partial charge in [-0.05, 0) is 43.2 Å². The first kappa shape index (κ1) is 15.0. The van der Waals surface area contributed by atoms with Crippen molar-refractivity contribution in [1.82, 2.24) is 0 Å². The van der Waals surface area contributed by atoms with Gasteiger partial charge in [0.2, 0.25) is 5.91 Å². The summed E-state index contributed by atoms with van der Waals surface area (Å²) < 4.78 is 13.9. The van der Waals surface area contributed by atoms with Crippen molar-refractivity contribution in [2.75, 3.05) is 5.32 Å². The molecule has 1 atom stereocenters. The Morgan fingerprint density at radius 1 is 1.29 bits per heavy atom. The molecule has 0 saturated heterocycles. The fourth-order valence-corrected chi connectivity index (χ4v) is 2.32. The summed E-state index contributed by atoms with van der Waals surface area (Å²) in [5, 5.41) is 3.33. The molecule has 3 nitrogen and oxygen atoms in total. The van der Waals surface area contributed by atoms with E-state index in [2.05, 4.69) is 5.32 Å². The fourth-order valence-electron chi connectivity index (χ4n) is 2.32. The topological polar surface area (TPSA) is 55.1 Å². The molecule has 1 amide bonds. The number of nitrogens with two attached hydrogens (primary N) is 1. The predicted octanol–water partition coefficient (Wildman–Crippen LogP) is 3.80. The number of carbonyl (C=O) groups is 1. The monoisotopic (exact) mass is 286 g/mol. The zero-order valence-corrected chi connectivity index (χ0v) is 12.2. The molecule has 1 unspecified atom stereocenters. The second kappa shape index (κ2) is 6.39. The van der Waals surface area contributed by atoms with Crippen LogP contribution in [0.1, 0.15) is 40.9 Å². The van der Waals surface area contributed by atoms with Crippen LogP contribution in [-0.4, -0.2) is 5.91 Å². The molecule has 0 aliphatic rings. The fraction of sp³-hybridized carbons (Fsp3) is 0.235. The third-order valence-electron chi connectivity index (χ3n) is 3.53. The maximum absolute atomic E-state index is 13.9. The molecule has 0 fully saturated rings. The number of carbonyl (C=O) groups excluding carboxylic acids is 1. The second-order valence-electron chi connectivity index (χ2n) is 5.02. The molecule has 0 aliphatic carbocycles. The van der Waals surface area contributed by atoms with Crippen molar-refractivity contribution in [3.05, 3.63) is 65.0 Å². The molecule has 0 aromatic heterocycles. The number of aryl methyl sites for hydroxylation is 1. The number of amides is 1. The molecule has 0 aliphatic heterocycles. The Kier molecular flexibility index (Phi) is 4.58. The standard InChI is InChI=1S/C17H19FN2O/c1-3-15(13-6-4-5-7-14(13)18)20-16-9-8-12(17(19)21)10-11(16)2/h4-10,15,20H,3H2,1-2H3,(H2,19,21). The van der Waals surface area contributed by atoms with E-state index >= 15 is 0 Å². The zero-order chi connectivity index (χ0) is 15.4. The number of rotatable bonds is 5. The summed E-state index contributed by atoms with van der Waals surface area (Å²) in [5.41, 5.74) is 8.14. The van der Waals surface area contributed by atoms with Crippen LogP contribution in [0.15, 0.2) is 42.5 Å². The minimum atomic E-state index is -0.453. The van der Waals surface area contributed by atoms with Crippen molar-refractivity contribution in [3.8, 4) is 0 Å². The Bertz CT molecular complexity index is 655. The van der Waals surface area contributed by atoms with Gasteiger partial charge in [0.25, 0.3) is 0 Å². The summed E-state index contributed by atoms with van der Waals surface area (Å²) in [6.07, 6.45) is 0.748. The number of benzene rings is 2. The van der Waals surface area contributed by atoms with Crippen molar-refractivity contribution in [2.24, 2.45) is 5.73 Å². The van der Waals surface area contributed by atoms with Crippen LogP contribution in [0, 0.1) is 12.7 Å². The molecule has 2 aromatic carbocycles. The van der Waals surface area contributed by atoms with E-state index in [0.29, 0.717) is 11.1 Å². The van der Waals surface area contributed by atoms with Crippen LogP contribution in [-0.2, 0) is 0 Å². The van der Waals surface area contributed by atoms with Crippen LogP contribution in [0.5, 0.6) is 0 Å². The van der Waals surface area contributed by atoms with Crippen LogP contribution < -0.4 is 11.1 Å². The molecule has 2 rings (SSSR count). The van der Waals surface area contributed by atoms with Crippen LogP contribution in [0.2, 0.25) is 0 Å². The molecule has 0 saturated carbocycles. The van der Waals surface area contributed by atoms with Crippen molar-refractivity contribution in [3.63, 3.8) is 0 Å². The average Bonchev–Trinajstić information content (AvgIpc) is 2.47. The number of primary amides is 1. The lowest BCUT2D eigenvalue weighted by Crippen LogP contribution is -2.14. The van der Waals surface area contributed by atoms with Crippen molar-refractivity contribution in [2.45, 2.75) is 26.3 Å². The molecule has 3 N–H and O–H groups in total. The lowest BCUT2D eigenvalue weighted by Gasteiger charge is -2.21. The number of nitrogens with one attached hydrogen (secondary N) is 1. The number of anilines is 1. The van der Waals surface area contributed by atoms with Gasteiger partial charge in [-0.1, -0.05) is 25.1 Å². The Balaban J connectivity index is 2.27. The third-order valence-corrected chi connectivity index (χ3v) is 3.53. The van der Waals surface area contributed by atoms with Gasteiger partial charge in [-0.25, -0.2) is 4.39 Å². The highest BCUT2D eigenvalue weighted by Crippen LogP contribution is 2.26. The van der Waals surface area contributed by atoms with Crippen molar-refractivity contribution < 1.29 is 9.18 Å². The Morgan fingerprint density at radius 3 is 2.57 bits per heavy atom. The van der Waals surface area contributed by atoms with Gasteiger partial charge in [0.05, 0.1) is 6.04 Å². The first-order valence-corrected chi connectivity index (χ1v) is 6.94. The van der Waals surface area contributed by atoms with Gasteiger partial charge in [0.15, 0.2) is 0 Å². The molecule has 0 spiro atoms. The lowest BCUT2D eigenvalue weighted by atomic mass is 10.0. The Labute approximate surface area is 124 Å². The van der Waals surface area contributed by atoms with E-state index in [0.717, 1.165) is 17.7 Å². The van der Waals surface area contributed by atoms with E-state index in [1.54, 1.807) is 30.3 Å². The van der Waals surface area contributed by atoms with Crippen LogP contribution in [0.4, 0.5) is 10.1 Å². The molecule has 0 bridgehead atoms. The molecule has 0 heterocycles. The number of halogens is 1. The number of hydrogen-bond acceptors (Lipinski definition) is 2. The maximum Gasteiger partial charge on any atom is 0.248 e. The summed E-state index contributed by atoms with van der Waals surface area (Å²) >= 11 is 0. The Morgan fingerprint density at radius 2 is 2.00 bits per heavy atom. The van der Waals surface area contributed by atoms with E-state index in [4.69, 9.17) is 5.73 Å². The third kappa shape index (κ3) is 3.40. The van der Waals surface area contributed by atoms with E-state index in [1.165, 1.54) is 6.07 Å². The van der Waals surface area contributed by atoms with Gasteiger partial charge in [-0.15, -0.1) is 0 Å². The minimum Gasteiger partial charge on any atom is -0.378 e. The molecule has 0 radical (unpaired) electrons. The van der Waals surface area contributed by atoms with Gasteiger partial charge >= 0.3 is 0 Å². The van der Waals surface area contributed by atoms with E-state index in [-0.39, 0.29) is 11.9 Å². The van der Waals surface area contributed by atoms with Crippen LogP contribution in [0.3, 0.4) is 0 Å². The van der Waals surface area contributed by atoms with Crippen molar-refractivity contribution >= 4 is 11.6 Å². The second-order valence-corrected chi connectivity index (χ2v) is 5.02. The van der Waals surface area contributed by atoms with Gasteiger partial charge in [0, 0.05) is 16.8 Å². The predicted molar refractivity (Wildman–Crippen MR) is 82.8 cm³/mol. The first-order chi connectivity index (χ1) is 10.0. The summed E-state index contributed by atoms with van der Waals surface area (Å²) in [5.74, 6) is -0.672. The SMILES string of the molecule is CCC(Nc1ccc(C(N)=O)cc1C)c1ccccc1F. The highest BCUT2D eigenvalue weighted by Gasteiger charge is 2.14. The molecule has 21 heavy (non-hydrogen) atoms. The molecular weight excluding hydrogens is 267 g/mol. The smallest absolute Gasteiger partial charge is 0.248 e. The normalized spacial score (nSPS) is 12.0. The summed E-state index contributed by atoms with van der Waals surface area (Å²) in [6, 6.07) is 11.8. The van der Waals surface area contributed by atoms with E-state index in [1.807, 2.05) is 19.9 Å². The highest BCUT2D eigenvalue weighted by atomic mass is 19.1. The minimum absolute atomic E-state index is 0.121. The van der Waals surface area contributed by atoms with Gasteiger partial charge < -0.3 is 11.1 Å². The van der Waals surface area contributed by atoms with E-state index in [9.17, 15) is 9.18 Å². The lowest BCUT2D eigenvalue weighted by molar-refractivity contribution is 0.1000. The Hall–Kier alpha value is -2.36. The molecule has 2 aromatic rings. The molecule has 110 valence electrons. The number of hydrogen-bond donors (Lipinski definition) is 2. The van der Waals surface area contributed by atoms with Gasteiger partial charge in [-0.2, -0.15) is 0 Å². The first-order valence-electron chi connectivity index (χ1n) is 6.94. The van der Waals surface area contributed by atoms with Gasteiger partial charge in [-0.3, -0.25) is 4.79 Å². The molecule has 4 heteroatoms. The summed E-state index contributed by atoms with van der Waals surface area (Å²) in [7, 11) is 0. The van der Waals surface area contributed by atoms with Crippen LogP contribution >= 0.6 is 0 Å². The maximum atomic E-state index is 13.9. The summed E-state index contributed by atoms with van der Waals surface area (Å²) in [4.78, 5) is 11.2.